The summed E-state index contributed by atoms with van der Waals surface area (Å²) in [7, 11) is 0. The second-order valence-corrected chi connectivity index (χ2v) is 5.75. The maximum Gasteiger partial charge on any atom is 0.322 e. The van der Waals surface area contributed by atoms with E-state index in [4.69, 9.17) is 11.6 Å². The van der Waals surface area contributed by atoms with Crippen LogP contribution in [0.3, 0.4) is 0 Å². The zero-order valence-electron chi connectivity index (χ0n) is 10.4. The van der Waals surface area contributed by atoms with Crippen LogP contribution < -0.4 is 10.6 Å². The average Bonchev–Trinajstić information content (AvgIpc) is 2.66. The molecule has 2 N–H and O–H groups in total. The van der Waals surface area contributed by atoms with E-state index >= 15 is 0 Å². The number of nitrogens with one attached hydrogen (secondary N) is 2. The number of carbonyl (C=O) groups excluding carboxylic acids is 2. The van der Waals surface area contributed by atoms with Crippen LogP contribution in [0.5, 0.6) is 0 Å². The molecule has 4 nitrogen and oxygen atoms in total. The van der Waals surface area contributed by atoms with E-state index in [0.29, 0.717) is 18.8 Å². The van der Waals surface area contributed by atoms with Crippen LogP contribution in [0.2, 0.25) is 5.02 Å². The Hall–Kier alpha value is -1.55. The number of hydrogen-bond acceptors (Lipinski definition) is 2. The first kappa shape index (κ1) is 12.5. The minimum absolute atomic E-state index is 0.174. The first-order valence-corrected chi connectivity index (χ1v) is 6.86. The van der Waals surface area contributed by atoms with Crippen molar-refractivity contribution in [3.63, 3.8) is 0 Å². The topological polar surface area (TPSA) is 58.2 Å². The standard InChI is InChI=1S/C14H15ClN2O2/c15-11-3-1-9(2-4-11)10-5-7-14(8-6-10)12(18)16-13(19)17-14/h1-4,10H,5-8H2,(H2,16,17,18,19). The largest absolute Gasteiger partial charge is 0.323 e. The van der Waals surface area contributed by atoms with Crippen molar-refractivity contribution in [3.05, 3.63) is 34.9 Å². The van der Waals surface area contributed by atoms with E-state index in [1.807, 2.05) is 24.3 Å². The number of urea groups is 1. The minimum atomic E-state index is -0.667. The van der Waals surface area contributed by atoms with Crippen LogP contribution in [-0.4, -0.2) is 17.5 Å². The summed E-state index contributed by atoms with van der Waals surface area (Å²) < 4.78 is 0. The zero-order chi connectivity index (χ0) is 13.5. The van der Waals surface area contributed by atoms with Gasteiger partial charge in [-0.25, -0.2) is 4.79 Å². The highest BCUT2D eigenvalue weighted by atomic mass is 35.5. The van der Waals surface area contributed by atoms with E-state index in [1.54, 1.807) is 0 Å². The molecule has 19 heavy (non-hydrogen) atoms. The Morgan fingerprint density at radius 1 is 1.11 bits per heavy atom. The number of imide groups is 1. The summed E-state index contributed by atoms with van der Waals surface area (Å²) in [5.74, 6) is 0.264. The molecule has 1 saturated carbocycles. The van der Waals surface area contributed by atoms with Gasteiger partial charge < -0.3 is 5.32 Å². The van der Waals surface area contributed by atoms with Crippen LogP contribution in [0.25, 0.3) is 0 Å². The van der Waals surface area contributed by atoms with Crippen molar-refractivity contribution in [3.8, 4) is 0 Å². The molecular weight excluding hydrogens is 264 g/mol. The number of carbonyl (C=O) groups is 2. The SMILES string of the molecule is O=C1NC(=O)C2(CCC(c3ccc(Cl)cc3)CC2)N1. The molecule has 100 valence electrons. The summed E-state index contributed by atoms with van der Waals surface area (Å²) in [4.78, 5) is 23.1. The van der Waals surface area contributed by atoms with Gasteiger partial charge in [0.15, 0.2) is 0 Å². The fourth-order valence-corrected chi connectivity index (χ4v) is 3.19. The molecule has 1 saturated heterocycles. The predicted molar refractivity (Wildman–Crippen MR) is 72.1 cm³/mol. The van der Waals surface area contributed by atoms with Crippen molar-refractivity contribution < 1.29 is 9.59 Å². The van der Waals surface area contributed by atoms with Gasteiger partial charge in [-0.15, -0.1) is 0 Å². The summed E-state index contributed by atoms with van der Waals surface area (Å²) in [5.41, 5.74) is 0.587. The van der Waals surface area contributed by atoms with Crippen LogP contribution >= 0.6 is 11.6 Å². The maximum absolute atomic E-state index is 11.8. The lowest BCUT2D eigenvalue weighted by Gasteiger charge is -2.34. The van der Waals surface area contributed by atoms with E-state index in [0.717, 1.165) is 17.9 Å². The molecule has 0 aromatic heterocycles. The van der Waals surface area contributed by atoms with Crippen LogP contribution in [-0.2, 0) is 4.79 Å². The second-order valence-electron chi connectivity index (χ2n) is 5.32. The van der Waals surface area contributed by atoms with Gasteiger partial charge >= 0.3 is 6.03 Å². The monoisotopic (exact) mass is 278 g/mol. The lowest BCUT2D eigenvalue weighted by Crippen LogP contribution is -2.49. The van der Waals surface area contributed by atoms with E-state index in [-0.39, 0.29) is 11.9 Å². The van der Waals surface area contributed by atoms with Gasteiger partial charge in [-0.1, -0.05) is 23.7 Å². The number of hydrogen-bond donors (Lipinski definition) is 2. The quantitative estimate of drug-likeness (QED) is 0.776. The highest BCUT2D eigenvalue weighted by Crippen LogP contribution is 2.39. The fraction of sp³-hybridized carbons (Fsp3) is 0.429. The molecule has 5 heteroatoms. The van der Waals surface area contributed by atoms with Crippen LogP contribution in [0.1, 0.15) is 37.2 Å². The number of benzene rings is 1. The molecule has 0 unspecified atom stereocenters. The van der Waals surface area contributed by atoms with Gasteiger partial charge in [0.2, 0.25) is 0 Å². The van der Waals surface area contributed by atoms with Crippen molar-refractivity contribution in [2.75, 3.05) is 0 Å². The van der Waals surface area contributed by atoms with Crippen molar-refractivity contribution >= 4 is 23.5 Å². The fourth-order valence-electron chi connectivity index (χ4n) is 3.06. The van der Waals surface area contributed by atoms with Crippen LogP contribution in [0, 0.1) is 0 Å². The molecule has 2 fully saturated rings. The Morgan fingerprint density at radius 2 is 1.74 bits per heavy atom. The van der Waals surface area contributed by atoms with E-state index < -0.39 is 5.54 Å². The van der Waals surface area contributed by atoms with Gasteiger partial charge in [-0.2, -0.15) is 0 Å². The Kier molecular flexibility index (Phi) is 2.97. The normalized spacial score (nSPS) is 30.3. The van der Waals surface area contributed by atoms with Crippen LogP contribution in [0.4, 0.5) is 4.79 Å². The summed E-state index contributed by atoms with van der Waals surface area (Å²) >= 11 is 5.88. The zero-order valence-corrected chi connectivity index (χ0v) is 11.2. The highest BCUT2D eigenvalue weighted by Gasteiger charge is 2.48. The summed E-state index contributed by atoms with van der Waals surface area (Å²) in [6.45, 7) is 0. The predicted octanol–water partition coefficient (Wildman–Crippen LogP) is 2.58. The average molecular weight is 279 g/mol. The van der Waals surface area contributed by atoms with Crippen molar-refractivity contribution in [2.24, 2.45) is 0 Å². The smallest absolute Gasteiger partial charge is 0.322 e. The van der Waals surface area contributed by atoms with Crippen molar-refractivity contribution in [2.45, 2.75) is 37.1 Å². The van der Waals surface area contributed by atoms with E-state index in [1.165, 1.54) is 5.56 Å². The Bertz CT molecular complexity index is 519. The summed E-state index contributed by atoms with van der Waals surface area (Å²) in [6, 6.07) is 7.50. The molecule has 3 amide bonds. The number of halogens is 1. The number of rotatable bonds is 1. The van der Waals surface area contributed by atoms with Crippen molar-refractivity contribution in [1.29, 1.82) is 0 Å². The molecule has 1 heterocycles. The third kappa shape index (κ3) is 2.21. The summed E-state index contributed by atoms with van der Waals surface area (Å²) in [6.07, 6.45) is 3.18. The molecule has 1 spiro atoms. The van der Waals surface area contributed by atoms with Gasteiger partial charge in [0.25, 0.3) is 5.91 Å². The minimum Gasteiger partial charge on any atom is -0.323 e. The van der Waals surface area contributed by atoms with Gasteiger partial charge in [0.05, 0.1) is 0 Å². The Labute approximate surface area is 116 Å². The maximum atomic E-state index is 11.8. The first-order valence-electron chi connectivity index (χ1n) is 6.48. The molecule has 1 aliphatic heterocycles. The number of amides is 3. The molecule has 0 atom stereocenters. The van der Waals surface area contributed by atoms with Crippen LogP contribution in [0.15, 0.2) is 24.3 Å². The molecule has 1 aliphatic carbocycles. The molecule has 3 rings (SSSR count). The molecule has 2 aliphatic rings. The molecule has 1 aromatic rings. The van der Waals surface area contributed by atoms with Gasteiger partial charge in [0.1, 0.15) is 5.54 Å². The third-order valence-electron chi connectivity index (χ3n) is 4.20. The highest BCUT2D eigenvalue weighted by molar-refractivity contribution is 6.30. The van der Waals surface area contributed by atoms with Gasteiger partial charge in [-0.3, -0.25) is 10.1 Å². The third-order valence-corrected chi connectivity index (χ3v) is 4.45. The van der Waals surface area contributed by atoms with Crippen molar-refractivity contribution in [1.82, 2.24) is 10.6 Å². The van der Waals surface area contributed by atoms with E-state index in [2.05, 4.69) is 10.6 Å². The van der Waals surface area contributed by atoms with Gasteiger partial charge in [0, 0.05) is 5.02 Å². The molecule has 0 bridgehead atoms. The molecule has 1 aromatic carbocycles. The lowest BCUT2D eigenvalue weighted by molar-refractivity contribution is -0.125. The Morgan fingerprint density at radius 3 is 2.26 bits per heavy atom. The van der Waals surface area contributed by atoms with Gasteiger partial charge in [-0.05, 0) is 49.3 Å². The molecular formula is C14H15ClN2O2. The molecule has 0 radical (unpaired) electrons. The lowest BCUT2D eigenvalue weighted by atomic mass is 9.74. The Balaban J connectivity index is 1.71. The second kappa shape index (κ2) is 4.53. The summed E-state index contributed by atoms with van der Waals surface area (Å²) in [5, 5.41) is 5.85. The van der Waals surface area contributed by atoms with E-state index in [9.17, 15) is 9.59 Å². The first-order chi connectivity index (χ1) is 9.09.